The third-order valence-electron chi connectivity index (χ3n) is 5.41. The highest BCUT2D eigenvalue weighted by atomic mass is 32.2. The number of nitrogens with zero attached hydrogens (tertiary/aromatic N) is 1. The van der Waals surface area contributed by atoms with Gasteiger partial charge in [0.2, 0.25) is 0 Å². The number of nitrogens with one attached hydrogen (secondary N) is 1. The van der Waals surface area contributed by atoms with Gasteiger partial charge < -0.3 is 20.9 Å². The van der Waals surface area contributed by atoms with Gasteiger partial charge in [-0.2, -0.15) is 8.42 Å². The van der Waals surface area contributed by atoms with E-state index in [9.17, 15) is 23.1 Å². The summed E-state index contributed by atoms with van der Waals surface area (Å²) in [6.45, 7) is 12.2. The Morgan fingerprint density at radius 3 is 2.29 bits per heavy atom. The van der Waals surface area contributed by atoms with Crippen molar-refractivity contribution in [1.29, 1.82) is 0 Å². The van der Waals surface area contributed by atoms with Crippen LogP contribution in [0.1, 0.15) is 54.2 Å². The maximum atomic E-state index is 13.1. The zero-order valence-corrected chi connectivity index (χ0v) is 21.9. The molecule has 2 rings (SSSR count). The smallest absolute Gasteiger partial charge is 0.408 e. The number of rotatable bonds is 7. The zero-order chi connectivity index (χ0) is 26.7. The number of carbonyl (C=O) groups excluding carboxylic acids is 1. The van der Waals surface area contributed by atoms with Gasteiger partial charge >= 0.3 is 12.1 Å². The molecular weight excluding hydrogens is 470 g/mol. The summed E-state index contributed by atoms with van der Waals surface area (Å²) in [5.74, 6) is -1.47. The van der Waals surface area contributed by atoms with Gasteiger partial charge in [-0.1, -0.05) is 24.3 Å². The van der Waals surface area contributed by atoms with Crippen molar-refractivity contribution in [2.75, 3.05) is 0 Å². The summed E-state index contributed by atoms with van der Waals surface area (Å²) in [7, 11) is -4.10. The van der Waals surface area contributed by atoms with Crippen LogP contribution in [0.4, 0.5) is 4.79 Å². The van der Waals surface area contributed by atoms with E-state index in [1.165, 1.54) is 0 Å². The van der Waals surface area contributed by atoms with Crippen molar-refractivity contribution < 1.29 is 27.9 Å². The van der Waals surface area contributed by atoms with Crippen LogP contribution in [0.5, 0.6) is 0 Å². The van der Waals surface area contributed by atoms with Crippen LogP contribution in [0, 0.1) is 27.7 Å². The first-order chi connectivity index (χ1) is 16.0. The average molecular weight is 504 g/mol. The molecule has 190 valence electrons. The molecule has 9 nitrogen and oxygen atoms in total. The minimum atomic E-state index is -4.10. The van der Waals surface area contributed by atoms with Gasteiger partial charge in [0, 0.05) is 12.0 Å². The van der Waals surface area contributed by atoms with E-state index in [1.807, 2.05) is 13.8 Å². The summed E-state index contributed by atoms with van der Waals surface area (Å²) in [4.78, 5) is 23.8. The van der Waals surface area contributed by atoms with E-state index in [1.54, 1.807) is 65.0 Å². The Bertz CT molecular complexity index is 1280. The summed E-state index contributed by atoms with van der Waals surface area (Å²) in [5, 5.41) is 11.9. The Hall–Kier alpha value is -3.40. The fraction of sp³-hybridized carbons (Fsp3) is 0.400. The van der Waals surface area contributed by atoms with Crippen LogP contribution in [0.25, 0.3) is 0 Å². The minimum Gasteiger partial charge on any atom is -0.480 e. The molecule has 1 amide bonds. The van der Waals surface area contributed by atoms with Crippen LogP contribution in [-0.4, -0.2) is 43.1 Å². The van der Waals surface area contributed by atoms with E-state index in [4.69, 9.17) is 10.5 Å². The van der Waals surface area contributed by atoms with Crippen molar-refractivity contribution in [2.45, 2.75) is 71.4 Å². The van der Waals surface area contributed by atoms with Crippen molar-refractivity contribution in [3.8, 4) is 0 Å². The van der Waals surface area contributed by atoms with Crippen molar-refractivity contribution in [1.82, 2.24) is 5.32 Å². The monoisotopic (exact) mass is 503 g/mol. The molecule has 4 N–H and O–H groups in total. The Morgan fingerprint density at radius 2 is 1.71 bits per heavy atom. The predicted octanol–water partition coefficient (Wildman–Crippen LogP) is 3.53. The highest BCUT2D eigenvalue weighted by Gasteiger charge is 2.25. The third kappa shape index (κ3) is 7.29. The summed E-state index contributed by atoms with van der Waals surface area (Å²) in [6.07, 6.45) is -0.926. The number of hydrogen-bond donors (Lipinski definition) is 3. The van der Waals surface area contributed by atoms with Crippen LogP contribution in [0.3, 0.4) is 0 Å². The summed E-state index contributed by atoms with van der Waals surface area (Å²) < 4.78 is 35.2. The molecular formula is C25H33N3O6S. The molecule has 1 atom stereocenters. The van der Waals surface area contributed by atoms with Gasteiger partial charge in [-0.15, -0.1) is 4.40 Å². The van der Waals surface area contributed by atoms with Crippen molar-refractivity contribution in [2.24, 2.45) is 10.1 Å². The fourth-order valence-corrected chi connectivity index (χ4v) is 5.09. The molecule has 0 aliphatic carbocycles. The zero-order valence-electron chi connectivity index (χ0n) is 21.1. The largest absolute Gasteiger partial charge is 0.480 e. The molecule has 0 aliphatic heterocycles. The molecule has 0 bridgehead atoms. The summed E-state index contributed by atoms with van der Waals surface area (Å²) in [6, 6.07) is 6.91. The molecule has 0 radical (unpaired) electrons. The maximum Gasteiger partial charge on any atom is 0.408 e. The van der Waals surface area contributed by atoms with E-state index in [-0.39, 0.29) is 17.2 Å². The molecule has 0 aromatic heterocycles. The van der Waals surface area contributed by atoms with Gasteiger partial charge in [0.15, 0.2) is 0 Å². The number of carboxylic acids is 1. The highest BCUT2D eigenvalue weighted by Crippen LogP contribution is 2.27. The van der Waals surface area contributed by atoms with E-state index in [0.29, 0.717) is 22.3 Å². The Labute approximate surface area is 206 Å². The number of carboxylic acid groups (broad SMARTS) is 1. The van der Waals surface area contributed by atoms with Crippen LogP contribution < -0.4 is 11.1 Å². The first-order valence-electron chi connectivity index (χ1n) is 11.0. The van der Waals surface area contributed by atoms with Gasteiger partial charge in [0.1, 0.15) is 17.5 Å². The van der Waals surface area contributed by atoms with Crippen molar-refractivity contribution in [3.63, 3.8) is 0 Å². The van der Waals surface area contributed by atoms with Crippen LogP contribution in [-0.2, 0) is 26.0 Å². The molecule has 0 fully saturated rings. The van der Waals surface area contributed by atoms with E-state index in [0.717, 1.165) is 11.1 Å². The number of ether oxygens (including phenoxy) is 1. The molecule has 0 saturated carbocycles. The summed E-state index contributed by atoms with van der Waals surface area (Å²) >= 11 is 0. The lowest BCUT2D eigenvalue weighted by molar-refractivity contribution is -0.139. The first kappa shape index (κ1) is 27.8. The van der Waals surface area contributed by atoms with E-state index >= 15 is 0 Å². The second kappa shape index (κ2) is 10.5. The number of amidine groups is 1. The SMILES string of the molecule is Cc1cc(C)c(S(=O)(=O)N=C(N)c2cccc(CC(NC(=O)OC(C)(C)C)C(=O)O)c2)c(C)c1C. The molecule has 2 aromatic rings. The number of hydrogen-bond acceptors (Lipinski definition) is 5. The van der Waals surface area contributed by atoms with E-state index in [2.05, 4.69) is 9.71 Å². The molecule has 1 unspecified atom stereocenters. The summed E-state index contributed by atoms with van der Waals surface area (Å²) in [5.41, 5.74) is 9.14. The number of carbonyl (C=O) groups is 2. The Balaban J connectivity index is 2.34. The number of aliphatic carboxylic acids is 1. The topological polar surface area (TPSA) is 148 Å². The molecule has 2 aromatic carbocycles. The standard InChI is InChI=1S/C25H33N3O6S/c1-14-11-15(2)21(17(4)16(14)3)35(32,33)28-22(26)19-10-8-9-18(12-19)13-20(23(29)30)27-24(31)34-25(5,6)7/h8-12,20H,13H2,1-7H3,(H2,26,28)(H,27,31)(H,29,30). The van der Waals surface area contributed by atoms with Gasteiger partial charge in [-0.25, -0.2) is 9.59 Å². The number of aryl methyl sites for hydroxylation is 2. The quantitative estimate of drug-likeness (QED) is 0.386. The molecule has 0 saturated heterocycles. The van der Waals surface area contributed by atoms with Gasteiger partial charge in [-0.05, 0) is 82.3 Å². The Morgan fingerprint density at radius 1 is 1.09 bits per heavy atom. The third-order valence-corrected chi connectivity index (χ3v) is 7.00. The fourth-order valence-electron chi connectivity index (χ4n) is 3.63. The van der Waals surface area contributed by atoms with Gasteiger partial charge in [-0.3, -0.25) is 0 Å². The second-order valence-electron chi connectivity index (χ2n) is 9.48. The van der Waals surface area contributed by atoms with Gasteiger partial charge in [0.25, 0.3) is 10.0 Å². The van der Waals surface area contributed by atoms with Crippen LogP contribution in [0.2, 0.25) is 0 Å². The van der Waals surface area contributed by atoms with Gasteiger partial charge in [0.05, 0.1) is 4.90 Å². The first-order valence-corrected chi connectivity index (χ1v) is 12.5. The average Bonchev–Trinajstić information content (AvgIpc) is 2.69. The molecule has 0 heterocycles. The minimum absolute atomic E-state index is 0.0716. The van der Waals surface area contributed by atoms with Crippen LogP contribution >= 0.6 is 0 Å². The molecule has 10 heteroatoms. The number of sulfonamides is 1. The lowest BCUT2D eigenvalue weighted by Gasteiger charge is -2.22. The highest BCUT2D eigenvalue weighted by molar-refractivity contribution is 7.90. The molecule has 0 spiro atoms. The normalized spacial score (nSPS) is 13.3. The van der Waals surface area contributed by atoms with Crippen LogP contribution in [0.15, 0.2) is 39.6 Å². The Kier molecular flexibility index (Phi) is 8.33. The van der Waals surface area contributed by atoms with E-state index < -0.39 is 33.7 Å². The number of nitrogens with two attached hydrogens (primary N) is 1. The predicted molar refractivity (Wildman–Crippen MR) is 134 cm³/mol. The molecule has 35 heavy (non-hydrogen) atoms. The van der Waals surface area contributed by atoms with Crippen molar-refractivity contribution >= 4 is 27.9 Å². The lowest BCUT2D eigenvalue weighted by atomic mass is 10.0. The molecule has 0 aliphatic rings. The maximum absolute atomic E-state index is 13.1. The van der Waals surface area contributed by atoms with Crippen molar-refractivity contribution in [3.05, 3.63) is 63.7 Å². The number of amides is 1. The second-order valence-corrected chi connectivity index (χ2v) is 11.0. The lowest BCUT2D eigenvalue weighted by Crippen LogP contribution is -2.44. The number of benzene rings is 2. The number of alkyl carbamates (subject to hydrolysis) is 1.